The molecule has 0 saturated heterocycles. The lowest BCUT2D eigenvalue weighted by Crippen LogP contribution is -2.31. The Bertz CT molecular complexity index is 807. The molecule has 1 heterocycles. The fourth-order valence-electron chi connectivity index (χ4n) is 3.16. The van der Waals surface area contributed by atoms with Crippen LogP contribution in [0.1, 0.15) is 28.7 Å². The first kappa shape index (κ1) is 17.4. The van der Waals surface area contributed by atoms with Crippen molar-refractivity contribution in [3.63, 3.8) is 0 Å². The molecule has 1 aliphatic heterocycles. The summed E-state index contributed by atoms with van der Waals surface area (Å²) in [5, 5.41) is 3.03. The smallest absolute Gasteiger partial charge is 0.251 e. The van der Waals surface area contributed by atoms with Crippen molar-refractivity contribution in [2.75, 3.05) is 18.4 Å². The topological polar surface area (TPSA) is 32.3 Å². The van der Waals surface area contributed by atoms with E-state index in [9.17, 15) is 4.79 Å². The molecule has 0 aliphatic carbocycles. The van der Waals surface area contributed by atoms with Gasteiger partial charge in [0.1, 0.15) is 0 Å². The Hall–Kier alpha value is -2.39. The summed E-state index contributed by atoms with van der Waals surface area (Å²) in [4.78, 5) is 14.9. The number of rotatable bonds is 4. The lowest BCUT2D eigenvalue weighted by molar-refractivity contribution is -0.113. The first-order chi connectivity index (χ1) is 12.0. The van der Waals surface area contributed by atoms with Crippen LogP contribution in [0, 0.1) is 20.8 Å². The van der Waals surface area contributed by atoms with Gasteiger partial charge in [-0.3, -0.25) is 9.69 Å². The molecule has 0 unspecified atom stereocenters. The second kappa shape index (κ2) is 7.66. The molecule has 0 fully saturated rings. The molecular formula is C22H26N2O. The number of aryl methyl sites for hydroxylation is 3. The number of hydrogen-bond donors (Lipinski definition) is 1. The Morgan fingerprint density at radius 2 is 1.92 bits per heavy atom. The third kappa shape index (κ3) is 4.58. The molecule has 130 valence electrons. The molecule has 0 bridgehead atoms. The van der Waals surface area contributed by atoms with E-state index in [4.69, 9.17) is 0 Å². The van der Waals surface area contributed by atoms with E-state index in [1.54, 1.807) is 0 Å². The quantitative estimate of drug-likeness (QED) is 0.900. The van der Waals surface area contributed by atoms with Crippen LogP contribution in [0.5, 0.6) is 0 Å². The fourth-order valence-corrected chi connectivity index (χ4v) is 3.16. The molecule has 0 saturated carbocycles. The van der Waals surface area contributed by atoms with E-state index >= 15 is 0 Å². The highest BCUT2D eigenvalue weighted by Crippen LogP contribution is 2.18. The number of hydrogen-bond acceptors (Lipinski definition) is 2. The van der Waals surface area contributed by atoms with Gasteiger partial charge in [0.15, 0.2) is 0 Å². The van der Waals surface area contributed by atoms with Crippen LogP contribution in [0.15, 0.2) is 54.1 Å². The van der Waals surface area contributed by atoms with E-state index in [2.05, 4.69) is 61.3 Å². The van der Waals surface area contributed by atoms with Crippen LogP contribution in [0.2, 0.25) is 0 Å². The minimum absolute atomic E-state index is 0.0264. The first-order valence-electron chi connectivity index (χ1n) is 8.87. The van der Waals surface area contributed by atoms with Crippen LogP contribution in [-0.4, -0.2) is 23.9 Å². The summed E-state index contributed by atoms with van der Waals surface area (Å²) < 4.78 is 0. The van der Waals surface area contributed by atoms with Gasteiger partial charge < -0.3 is 5.32 Å². The lowest BCUT2D eigenvalue weighted by atomic mass is 10.1. The minimum atomic E-state index is 0.0264. The number of nitrogens with one attached hydrogen (secondary N) is 1. The lowest BCUT2D eigenvalue weighted by Gasteiger charge is -2.26. The molecular weight excluding hydrogens is 308 g/mol. The van der Waals surface area contributed by atoms with Crippen LogP contribution in [-0.2, 0) is 11.3 Å². The first-order valence-corrected chi connectivity index (χ1v) is 8.87. The number of amides is 1. The van der Waals surface area contributed by atoms with Crippen molar-refractivity contribution in [2.24, 2.45) is 0 Å². The molecule has 2 aromatic rings. The Morgan fingerprint density at radius 3 is 2.60 bits per heavy atom. The van der Waals surface area contributed by atoms with E-state index < -0.39 is 0 Å². The summed E-state index contributed by atoms with van der Waals surface area (Å²) in [6.45, 7) is 8.93. The molecule has 1 amide bonds. The van der Waals surface area contributed by atoms with Crippen LogP contribution < -0.4 is 5.32 Å². The van der Waals surface area contributed by atoms with Crippen molar-refractivity contribution in [3.8, 4) is 0 Å². The molecule has 3 heteroatoms. The second-order valence-corrected chi connectivity index (χ2v) is 6.96. The van der Waals surface area contributed by atoms with Crippen molar-refractivity contribution >= 4 is 11.6 Å². The van der Waals surface area contributed by atoms with Gasteiger partial charge in [0, 0.05) is 30.9 Å². The summed E-state index contributed by atoms with van der Waals surface area (Å²) in [5.41, 5.74) is 6.81. The molecule has 1 N–H and O–H groups in total. The summed E-state index contributed by atoms with van der Waals surface area (Å²) in [7, 11) is 0. The molecule has 0 spiro atoms. The maximum atomic E-state index is 12.5. The zero-order chi connectivity index (χ0) is 17.8. The van der Waals surface area contributed by atoms with Crippen LogP contribution in [0.3, 0.4) is 0 Å². The van der Waals surface area contributed by atoms with E-state index in [1.165, 1.54) is 22.3 Å². The monoisotopic (exact) mass is 334 g/mol. The van der Waals surface area contributed by atoms with Gasteiger partial charge in [-0.15, -0.1) is 0 Å². The van der Waals surface area contributed by atoms with Crippen LogP contribution in [0.4, 0.5) is 5.69 Å². The van der Waals surface area contributed by atoms with Gasteiger partial charge in [0.25, 0.3) is 5.91 Å². The summed E-state index contributed by atoms with van der Waals surface area (Å²) >= 11 is 0. The van der Waals surface area contributed by atoms with Gasteiger partial charge in [-0.1, -0.05) is 42.0 Å². The summed E-state index contributed by atoms with van der Waals surface area (Å²) in [6.07, 6.45) is 2.86. The van der Waals surface area contributed by atoms with Crippen LogP contribution in [0.25, 0.3) is 0 Å². The van der Waals surface area contributed by atoms with E-state index in [1.807, 2.05) is 18.2 Å². The van der Waals surface area contributed by atoms with Crippen LogP contribution >= 0.6 is 0 Å². The van der Waals surface area contributed by atoms with Crippen molar-refractivity contribution in [1.29, 1.82) is 0 Å². The second-order valence-electron chi connectivity index (χ2n) is 6.96. The molecule has 0 radical (unpaired) electrons. The molecule has 3 rings (SSSR count). The van der Waals surface area contributed by atoms with E-state index in [0.717, 1.165) is 37.3 Å². The Kier molecular flexibility index (Phi) is 5.34. The number of carbonyl (C=O) groups excluding carboxylic acids is 1. The van der Waals surface area contributed by atoms with E-state index in [0.29, 0.717) is 0 Å². The SMILES string of the molecule is Cc1cccc(CN2CC=C(C(=O)Nc3ccc(C)c(C)c3)CC2)c1. The Morgan fingerprint density at radius 1 is 1.08 bits per heavy atom. The van der Waals surface area contributed by atoms with Gasteiger partial charge in [0.05, 0.1) is 0 Å². The van der Waals surface area contributed by atoms with Gasteiger partial charge in [-0.25, -0.2) is 0 Å². The molecule has 2 aromatic carbocycles. The third-order valence-corrected chi connectivity index (χ3v) is 4.84. The highest BCUT2D eigenvalue weighted by molar-refractivity contribution is 6.03. The number of nitrogens with zero attached hydrogens (tertiary/aromatic N) is 1. The maximum Gasteiger partial charge on any atom is 0.251 e. The highest BCUT2D eigenvalue weighted by Gasteiger charge is 2.17. The molecule has 0 aromatic heterocycles. The Balaban J connectivity index is 1.58. The summed E-state index contributed by atoms with van der Waals surface area (Å²) in [5.74, 6) is 0.0264. The molecule has 25 heavy (non-hydrogen) atoms. The van der Waals surface area contributed by atoms with Crippen molar-refractivity contribution in [1.82, 2.24) is 4.90 Å². The van der Waals surface area contributed by atoms with Gasteiger partial charge in [-0.05, 0) is 56.0 Å². The molecule has 0 atom stereocenters. The van der Waals surface area contributed by atoms with Crippen molar-refractivity contribution in [3.05, 3.63) is 76.4 Å². The third-order valence-electron chi connectivity index (χ3n) is 4.84. The highest BCUT2D eigenvalue weighted by atomic mass is 16.1. The maximum absolute atomic E-state index is 12.5. The zero-order valence-corrected chi connectivity index (χ0v) is 15.3. The van der Waals surface area contributed by atoms with Crippen molar-refractivity contribution in [2.45, 2.75) is 33.7 Å². The number of anilines is 1. The standard InChI is InChI=1S/C22H26N2O/c1-16-5-4-6-19(13-16)15-24-11-9-20(10-12-24)22(25)23-21-8-7-17(2)18(3)14-21/h4-9,13-14H,10-12,15H2,1-3H3,(H,23,25). The number of benzene rings is 2. The minimum Gasteiger partial charge on any atom is -0.322 e. The number of carbonyl (C=O) groups is 1. The largest absolute Gasteiger partial charge is 0.322 e. The molecule has 1 aliphatic rings. The zero-order valence-electron chi connectivity index (χ0n) is 15.3. The summed E-state index contributed by atoms with van der Waals surface area (Å²) in [6, 6.07) is 14.7. The average molecular weight is 334 g/mol. The van der Waals surface area contributed by atoms with Crippen molar-refractivity contribution < 1.29 is 4.79 Å². The van der Waals surface area contributed by atoms with Gasteiger partial charge in [0.2, 0.25) is 0 Å². The predicted molar refractivity (Wildman–Crippen MR) is 104 cm³/mol. The predicted octanol–water partition coefficient (Wildman–Crippen LogP) is 4.38. The fraction of sp³-hybridized carbons (Fsp3) is 0.318. The Labute approximate surface area is 150 Å². The van der Waals surface area contributed by atoms with Gasteiger partial charge >= 0.3 is 0 Å². The van der Waals surface area contributed by atoms with Gasteiger partial charge in [-0.2, -0.15) is 0 Å². The normalized spacial score (nSPS) is 14.9. The average Bonchev–Trinajstić information content (AvgIpc) is 2.59. The molecule has 3 nitrogen and oxygen atoms in total. The van der Waals surface area contributed by atoms with E-state index in [-0.39, 0.29) is 5.91 Å².